The van der Waals surface area contributed by atoms with E-state index >= 15 is 0 Å². The van der Waals surface area contributed by atoms with Crippen molar-refractivity contribution in [3.05, 3.63) is 78.0 Å². The summed E-state index contributed by atoms with van der Waals surface area (Å²) in [5.74, 6) is -4.94. The Morgan fingerprint density at radius 1 is 0.887 bits per heavy atom. The number of nitrogens with zero attached hydrogens (tertiary/aromatic N) is 3. The van der Waals surface area contributed by atoms with Crippen LogP contribution in [0.4, 0.5) is 22.0 Å². The Bertz CT molecular complexity index is 1920. The second kappa shape index (κ2) is 16.0. The largest absolute Gasteiger partial charge is 0.481 e. The number of aliphatic carboxylic acids is 1. The fourth-order valence-electron chi connectivity index (χ4n) is 7.98. The number of halogens is 5. The third kappa shape index (κ3) is 8.17. The molecule has 1 unspecified atom stereocenters. The molecule has 1 atom stereocenters. The molecule has 0 saturated carbocycles. The van der Waals surface area contributed by atoms with Gasteiger partial charge < -0.3 is 15.2 Å². The first kappa shape index (κ1) is 38.5. The predicted molar refractivity (Wildman–Crippen MR) is 193 cm³/mol. The molecule has 3 aromatic carbocycles. The topological polar surface area (TPSA) is 95.0 Å². The lowest BCUT2D eigenvalue weighted by Gasteiger charge is -2.43. The van der Waals surface area contributed by atoms with Crippen molar-refractivity contribution >= 4 is 33.4 Å². The number of likely N-dealkylation sites (tertiary alicyclic amines) is 2. The van der Waals surface area contributed by atoms with E-state index in [-0.39, 0.29) is 26.1 Å². The standard InChI is InChI=1S/C28H28N2O2.C12H17F5N2O2/c31-27(32)15-14-20-8-6-12-24-22(20)11-7-13-26(24)28-25-10-3-2-9-23(25)21(18-29-28)19-30-16-4-1-5-17-30;1-18-9(20)10(12(15,16)17)2-4-19(5-3-10)8-6-21-7-11(8,13)14/h2-3,6-13,18H,1,4-5,14-17,19H2,(H,31,32);8H,2-7H2,1H3,(H,18,20). The number of nitrogens with one attached hydrogen (secondary N) is 1. The molecule has 1 amide bonds. The van der Waals surface area contributed by atoms with Crippen LogP contribution in [0.2, 0.25) is 0 Å². The summed E-state index contributed by atoms with van der Waals surface area (Å²) in [5, 5.41) is 15.8. The molecule has 3 aliphatic heterocycles. The quantitative estimate of drug-likeness (QED) is 0.181. The van der Waals surface area contributed by atoms with Crippen LogP contribution in [0.15, 0.2) is 66.9 Å². The first-order chi connectivity index (χ1) is 25.3. The zero-order valence-electron chi connectivity index (χ0n) is 29.7. The van der Waals surface area contributed by atoms with Gasteiger partial charge in [-0.05, 0) is 72.5 Å². The average molecular weight is 741 g/mol. The highest BCUT2D eigenvalue weighted by molar-refractivity contribution is 6.05. The molecule has 8 nitrogen and oxygen atoms in total. The number of hydrogen-bond donors (Lipinski definition) is 2. The summed E-state index contributed by atoms with van der Waals surface area (Å²) < 4.78 is 71.6. The second-order valence-electron chi connectivity index (χ2n) is 14.2. The molecule has 0 aliphatic carbocycles. The van der Waals surface area contributed by atoms with E-state index in [9.17, 15) is 31.5 Å². The molecule has 3 fully saturated rings. The van der Waals surface area contributed by atoms with Crippen LogP contribution in [0, 0.1) is 5.41 Å². The van der Waals surface area contributed by atoms with E-state index < -0.39 is 54.9 Å². The van der Waals surface area contributed by atoms with E-state index in [0.29, 0.717) is 6.42 Å². The van der Waals surface area contributed by atoms with Crippen molar-refractivity contribution in [2.24, 2.45) is 5.41 Å². The maximum atomic E-state index is 13.6. The lowest BCUT2D eigenvalue weighted by Crippen LogP contribution is -2.59. The summed E-state index contributed by atoms with van der Waals surface area (Å²) in [6.45, 7) is 1.94. The minimum absolute atomic E-state index is 0.135. The van der Waals surface area contributed by atoms with E-state index in [1.807, 2.05) is 17.4 Å². The van der Waals surface area contributed by atoms with Crippen LogP contribution in [-0.4, -0.2) is 96.3 Å². The molecule has 0 radical (unpaired) electrons. The first-order valence-electron chi connectivity index (χ1n) is 18.1. The molecule has 1 aromatic heterocycles. The van der Waals surface area contributed by atoms with Crippen LogP contribution in [-0.2, 0) is 27.3 Å². The summed E-state index contributed by atoms with van der Waals surface area (Å²) in [5.41, 5.74) is 1.95. The van der Waals surface area contributed by atoms with E-state index in [0.717, 1.165) is 41.2 Å². The van der Waals surface area contributed by atoms with Gasteiger partial charge in [0.2, 0.25) is 5.91 Å². The van der Waals surface area contributed by atoms with Crippen LogP contribution < -0.4 is 5.32 Å². The van der Waals surface area contributed by atoms with Crippen molar-refractivity contribution in [2.75, 3.05) is 46.4 Å². The number of piperidine rings is 2. The van der Waals surface area contributed by atoms with Gasteiger partial charge in [0.1, 0.15) is 12.0 Å². The van der Waals surface area contributed by atoms with Gasteiger partial charge in [-0.15, -0.1) is 0 Å². The molecule has 0 spiro atoms. The van der Waals surface area contributed by atoms with Gasteiger partial charge in [0.05, 0.1) is 18.3 Å². The van der Waals surface area contributed by atoms with Gasteiger partial charge >= 0.3 is 12.1 Å². The van der Waals surface area contributed by atoms with Crippen LogP contribution in [0.1, 0.15) is 49.7 Å². The summed E-state index contributed by atoms with van der Waals surface area (Å²) in [6, 6.07) is 19.8. The summed E-state index contributed by atoms with van der Waals surface area (Å²) in [6.07, 6.45) is 0.866. The number of hydrogen-bond acceptors (Lipinski definition) is 6. The van der Waals surface area contributed by atoms with Crippen LogP contribution >= 0.6 is 0 Å². The zero-order valence-corrected chi connectivity index (χ0v) is 29.7. The highest BCUT2D eigenvalue weighted by atomic mass is 19.4. The Morgan fingerprint density at radius 2 is 1.53 bits per heavy atom. The fourth-order valence-corrected chi connectivity index (χ4v) is 7.98. The van der Waals surface area contributed by atoms with E-state index in [1.165, 1.54) is 53.6 Å². The Kier molecular flexibility index (Phi) is 11.7. The average Bonchev–Trinajstić information content (AvgIpc) is 3.52. The number of fused-ring (bicyclic) bond motifs is 2. The van der Waals surface area contributed by atoms with Crippen molar-refractivity contribution in [3.63, 3.8) is 0 Å². The lowest BCUT2D eigenvalue weighted by molar-refractivity contribution is -0.235. The first-order valence-corrected chi connectivity index (χ1v) is 18.1. The number of rotatable bonds is 8. The van der Waals surface area contributed by atoms with Crippen molar-refractivity contribution < 1.29 is 41.4 Å². The minimum Gasteiger partial charge on any atom is -0.481 e. The van der Waals surface area contributed by atoms with Crippen molar-refractivity contribution in [1.29, 1.82) is 0 Å². The number of benzene rings is 3. The molecule has 4 aromatic rings. The molecule has 13 heteroatoms. The number of carbonyl (C=O) groups excluding carboxylic acids is 1. The number of amides is 1. The van der Waals surface area contributed by atoms with Crippen molar-refractivity contribution in [2.45, 2.75) is 69.6 Å². The summed E-state index contributed by atoms with van der Waals surface area (Å²) in [7, 11) is 1.14. The SMILES string of the molecule is CNC(=O)C1(C(F)(F)F)CCN(C2COCC2(F)F)CC1.O=C(O)CCc1cccc2c(-c3ncc(CN4CCCCC4)c4ccccc34)cccc12. The monoisotopic (exact) mass is 740 g/mol. The van der Waals surface area contributed by atoms with Gasteiger partial charge in [-0.3, -0.25) is 24.4 Å². The molecule has 7 rings (SSSR count). The van der Waals surface area contributed by atoms with Gasteiger partial charge in [0.15, 0.2) is 0 Å². The lowest BCUT2D eigenvalue weighted by atomic mass is 9.76. The number of alkyl halides is 5. The molecule has 284 valence electrons. The van der Waals surface area contributed by atoms with Gasteiger partial charge in [0.25, 0.3) is 5.92 Å². The van der Waals surface area contributed by atoms with E-state index in [1.54, 1.807) is 0 Å². The van der Waals surface area contributed by atoms with Gasteiger partial charge in [-0.25, -0.2) is 8.78 Å². The van der Waals surface area contributed by atoms with Crippen LogP contribution in [0.5, 0.6) is 0 Å². The number of aryl methyl sites for hydroxylation is 1. The van der Waals surface area contributed by atoms with Gasteiger partial charge in [-0.2, -0.15) is 13.2 Å². The van der Waals surface area contributed by atoms with Crippen molar-refractivity contribution in [3.8, 4) is 11.3 Å². The van der Waals surface area contributed by atoms with E-state index in [4.69, 9.17) is 14.8 Å². The molecule has 3 aliphatic rings. The highest BCUT2D eigenvalue weighted by Crippen LogP contribution is 2.47. The van der Waals surface area contributed by atoms with Gasteiger partial charge in [-0.1, -0.05) is 67.1 Å². The zero-order chi connectivity index (χ0) is 37.8. The molecule has 53 heavy (non-hydrogen) atoms. The predicted octanol–water partition coefficient (Wildman–Crippen LogP) is 7.47. The normalized spacial score (nSPS) is 20.5. The Hall–Kier alpha value is -4.20. The fraction of sp³-hybridized carbons (Fsp3) is 0.475. The maximum absolute atomic E-state index is 13.6. The highest BCUT2D eigenvalue weighted by Gasteiger charge is 2.62. The molecular weight excluding hydrogens is 695 g/mol. The second-order valence-corrected chi connectivity index (χ2v) is 14.2. The number of aromatic nitrogens is 1. The Balaban J connectivity index is 0.000000199. The number of carbonyl (C=O) groups is 2. The van der Waals surface area contributed by atoms with Crippen LogP contribution in [0.25, 0.3) is 32.8 Å². The molecule has 3 saturated heterocycles. The van der Waals surface area contributed by atoms with Gasteiger partial charge in [0, 0.05) is 50.2 Å². The number of ether oxygens (including phenoxy) is 1. The minimum atomic E-state index is -4.70. The maximum Gasteiger partial charge on any atom is 0.403 e. The Morgan fingerprint density at radius 3 is 2.17 bits per heavy atom. The van der Waals surface area contributed by atoms with E-state index in [2.05, 4.69) is 59.6 Å². The summed E-state index contributed by atoms with van der Waals surface area (Å²) >= 11 is 0. The summed E-state index contributed by atoms with van der Waals surface area (Å²) in [4.78, 5) is 31.6. The smallest absolute Gasteiger partial charge is 0.403 e. The number of pyridine rings is 1. The molecule has 4 heterocycles. The molecular formula is C40H45F5N4O4. The molecule has 0 bridgehead atoms. The third-order valence-corrected chi connectivity index (χ3v) is 11.0. The number of carboxylic acid groups (broad SMARTS) is 1. The third-order valence-electron chi connectivity index (χ3n) is 11.0. The number of carboxylic acids is 1. The Labute approximate surface area is 305 Å². The van der Waals surface area contributed by atoms with Crippen molar-refractivity contribution in [1.82, 2.24) is 20.1 Å². The van der Waals surface area contributed by atoms with Crippen LogP contribution in [0.3, 0.4) is 0 Å². The molecule has 2 N–H and O–H groups in total.